The molecule has 0 saturated heterocycles. The molecule has 0 aliphatic rings. The van der Waals surface area contributed by atoms with Gasteiger partial charge < -0.3 is 20.1 Å². The molecule has 0 aromatic heterocycles. The maximum absolute atomic E-state index is 12.8. The highest BCUT2D eigenvalue weighted by atomic mass is 31.2. The van der Waals surface area contributed by atoms with Gasteiger partial charge >= 0.3 is 19.8 Å². The maximum Gasteiger partial charge on any atom is 0.472 e. The zero-order chi connectivity index (χ0) is 67.2. The molecular weight excluding hydrogens is 1170 g/mol. The molecule has 3 N–H and O–H groups in total. The van der Waals surface area contributed by atoms with Crippen LogP contribution in [-0.2, 0) is 32.7 Å². The van der Waals surface area contributed by atoms with Crippen LogP contribution in [0.2, 0.25) is 0 Å². The zero-order valence-corrected chi connectivity index (χ0v) is 60.3. The molecule has 0 aromatic carbocycles. The van der Waals surface area contributed by atoms with Gasteiger partial charge in [-0.15, -0.1) is 0 Å². The molecule has 9 nitrogen and oxygen atoms in total. The molecule has 0 radical (unpaired) electrons. The van der Waals surface area contributed by atoms with Gasteiger partial charge in [0.1, 0.15) is 6.61 Å². The van der Waals surface area contributed by atoms with Crippen molar-refractivity contribution < 1.29 is 37.6 Å². The highest BCUT2D eigenvalue weighted by molar-refractivity contribution is 7.47. The number of nitrogens with two attached hydrogens (primary N) is 1. The number of carbonyl (C=O) groups excluding carboxylic acids is 2. The van der Waals surface area contributed by atoms with E-state index in [-0.39, 0.29) is 38.6 Å². The lowest BCUT2D eigenvalue weighted by Gasteiger charge is -2.19. The molecule has 2 unspecified atom stereocenters. The van der Waals surface area contributed by atoms with Crippen LogP contribution < -0.4 is 5.73 Å². The van der Waals surface area contributed by atoms with Crippen LogP contribution >= 0.6 is 7.82 Å². The largest absolute Gasteiger partial charge is 0.472 e. The smallest absolute Gasteiger partial charge is 0.462 e. The van der Waals surface area contributed by atoms with Crippen molar-refractivity contribution in [1.29, 1.82) is 0 Å². The van der Waals surface area contributed by atoms with Gasteiger partial charge in [0.15, 0.2) is 6.10 Å². The van der Waals surface area contributed by atoms with E-state index in [0.717, 1.165) is 135 Å². The number of allylic oxidation sites excluding steroid dienone is 28. The molecule has 10 heteroatoms. The topological polar surface area (TPSA) is 134 Å². The number of hydrogen-bond donors (Lipinski definition) is 2. The van der Waals surface area contributed by atoms with Crippen molar-refractivity contribution >= 4 is 19.8 Å². The van der Waals surface area contributed by atoms with Gasteiger partial charge in [-0.1, -0.05) is 338 Å². The summed E-state index contributed by atoms with van der Waals surface area (Å²) in [5.41, 5.74) is 5.41. The SMILES string of the molecule is CC/C=C\C/C=C\C/C=C\C/C=C\C/C=C\C/C=C\C/C=C\C/C=C\C/C=C\CCCCCCCCCCCC(=O)OC(COC(=O)CCCCCCCCCCCCCCCCCCCCC/C=C\C/C=C\C/C=C\C/C=C\C/C=C\CC)COP(=O)(O)OCCN. The second-order valence-electron chi connectivity index (χ2n) is 24.4. The van der Waals surface area contributed by atoms with Crippen LogP contribution in [0.25, 0.3) is 0 Å². The molecule has 0 aliphatic heterocycles. The Morgan fingerprint density at radius 2 is 0.559 bits per heavy atom. The summed E-state index contributed by atoms with van der Waals surface area (Å²) in [6.45, 7) is 3.52. The molecule has 0 fully saturated rings. The third-order valence-electron chi connectivity index (χ3n) is 15.6. The molecule has 2 atom stereocenters. The summed E-state index contributed by atoms with van der Waals surface area (Å²) < 4.78 is 33.2. The Bertz CT molecular complexity index is 2140. The normalized spacial score (nSPS) is 13.9. The lowest BCUT2D eigenvalue weighted by atomic mass is 10.0. The van der Waals surface area contributed by atoms with Gasteiger partial charge in [-0.2, -0.15) is 0 Å². The van der Waals surface area contributed by atoms with E-state index in [1.54, 1.807) is 0 Å². The Hall–Kier alpha value is -4.63. The fourth-order valence-corrected chi connectivity index (χ4v) is 10.9. The second kappa shape index (κ2) is 76.4. The predicted octanol–water partition coefficient (Wildman–Crippen LogP) is 25.3. The first-order chi connectivity index (χ1) is 45.8. The van der Waals surface area contributed by atoms with E-state index in [9.17, 15) is 19.0 Å². The van der Waals surface area contributed by atoms with Gasteiger partial charge in [0.25, 0.3) is 0 Å². The third-order valence-corrected chi connectivity index (χ3v) is 16.6. The van der Waals surface area contributed by atoms with Crippen molar-refractivity contribution in [3.8, 4) is 0 Å². The van der Waals surface area contributed by atoms with E-state index < -0.39 is 26.5 Å². The molecule has 0 bridgehead atoms. The monoisotopic (exact) mass is 1310 g/mol. The van der Waals surface area contributed by atoms with Gasteiger partial charge in [0.05, 0.1) is 13.2 Å². The summed E-state index contributed by atoms with van der Waals surface area (Å²) in [5.74, 6) is -0.834. The number of phosphoric acid groups is 1. The Kier molecular flexibility index (Phi) is 72.6. The summed E-state index contributed by atoms with van der Waals surface area (Å²) in [4.78, 5) is 35.4. The number of phosphoric ester groups is 1. The lowest BCUT2D eigenvalue weighted by Crippen LogP contribution is -2.29. The molecule has 0 rings (SSSR count). The molecule has 0 spiro atoms. The van der Waals surface area contributed by atoms with Crippen LogP contribution in [-0.4, -0.2) is 49.3 Å². The number of esters is 2. The number of ether oxygens (including phenoxy) is 2. The molecule has 0 aromatic rings. The van der Waals surface area contributed by atoms with Gasteiger partial charge in [-0.05, 0) is 128 Å². The molecule has 93 heavy (non-hydrogen) atoms. The van der Waals surface area contributed by atoms with Crippen LogP contribution in [0.4, 0.5) is 0 Å². The first-order valence-corrected chi connectivity index (χ1v) is 39.1. The van der Waals surface area contributed by atoms with Crippen LogP contribution in [0, 0.1) is 0 Å². The Morgan fingerprint density at radius 1 is 0.323 bits per heavy atom. The first-order valence-electron chi connectivity index (χ1n) is 37.6. The summed E-state index contributed by atoms with van der Waals surface area (Å²) in [6, 6.07) is 0. The van der Waals surface area contributed by atoms with E-state index in [4.69, 9.17) is 24.3 Å². The Morgan fingerprint density at radius 3 is 0.828 bits per heavy atom. The van der Waals surface area contributed by atoms with Gasteiger partial charge in [-0.3, -0.25) is 18.6 Å². The van der Waals surface area contributed by atoms with Crippen molar-refractivity contribution in [3.63, 3.8) is 0 Å². The quantitative estimate of drug-likeness (QED) is 0.0264. The van der Waals surface area contributed by atoms with E-state index >= 15 is 0 Å². The number of rotatable bonds is 69. The van der Waals surface area contributed by atoms with Crippen molar-refractivity contribution in [1.82, 2.24) is 0 Å². The molecular formula is C83H138NO8P. The molecule has 0 amide bonds. The fourth-order valence-electron chi connectivity index (χ4n) is 10.1. The minimum atomic E-state index is -4.41. The van der Waals surface area contributed by atoms with Crippen molar-refractivity contribution in [2.24, 2.45) is 5.73 Å². The summed E-state index contributed by atoms with van der Waals surface area (Å²) in [7, 11) is -4.41. The Balaban J connectivity index is 3.91. The highest BCUT2D eigenvalue weighted by Crippen LogP contribution is 2.43. The summed E-state index contributed by atoms with van der Waals surface area (Å²) >= 11 is 0. The minimum Gasteiger partial charge on any atom is -0.462 e. The number of hydrogen-bond acceptors (Lipinski definition) is 8. The molecule has 528 valence electrons. The standard InChI is InChI=1S/C83H138NO8P/c1-3-5-7-9-11-13-15-17-19-21-23-25-27-29-31-33-35-37-39-40-42-44-46-48-50-52-54-56-58-60-62-64-66-68-70-72-74-76-83(86)92-81(80-91-93(87,88)90-78-77-84)79-89-82(85)75-73-71-69-67-65-63-61-59-57-55-53-51-49-47-45-43-41-38-36-34-32-30-28-26-24-22-20-18-16-14-12-10-8-6-4-2/h5-8,11-14,17-20,23-26,29-32,35,37,40,42,46,48,52,54,81H,3-4,9-10,15-16,21-22,27-28,33-34,36,38-39,41,43-45,47,49-51,53,55-80,84H2,1-2H3,(H,87,88)/b7-5-,8-6-,13-11-,14-12-,19-17-,20-18-,25-23-,26-24-,31-29-,32-30-,37-35-,42-40-,48-46-,54-52-. The predicted molar refractivity (Wildman–Crippen MR) is 403 cm³/mol. The van der Waals surface area contributed by atoms with E-state index in [1.165, 1.54) is 141 Å². The maximum atomic E-state index is 12.8. The Labute approximate surface area is 571 Å². The van der Waals surface area contributed by atoms with Crippen molar-refractivity contribution in [3.05, 3.63) is 170 Å². The molecule has 0 heterocycles. The molecule has 0 saturated carbocycles. The van der Waals surface area contributed by atoms with Gasteiger partial charge in [-0.25, -0.2) is 4.57 Å². The average Bonchev–Trinajstić information content (AvgIpc) is 3.04. The van der Waals surface area contributed by atoms with Crippen LogP contribution in [0.3, 0.4) is 0 Å². The van der Waals surface area contributed by atoms with Crippen molar-refractivity contribution in [2.45, 2.75) is 315 Å². The van der Waals surface area contributed by atoms with E-state index in [0.29, 0.717) is 6.42 Å². The van der Waals surface area contributed by atoms with E-state index in [2.05, 4.69) is 184 Å². The highest BCUT2D eigenvalue weighted by Gasteiger charge is 2.26. The minimum absolute atomic E-state index is 0.0460. The van der Waals surface area contributed by atoms with Gasteiger partial charge in [0.2, 0.25) is 0 Å². The summed E-state index contributed by atoms with van der Waals surface area (Å²) in [6.07, 6.45) is 113. The van der Waals surface area contributed by atoms with E-state index in [1.807, 2.05) is 0 Å². The number of unbranched alkanes of at least 4 members (excludes halogenated alkanes) is 28. The van der Waals surface area contributed by atoms with Crippen molar-refractivity contribution in [2.75, 3.05) is 26.4 Å². The number of carbonyl (C=O) groups is 2. The van der Waals surface area contributed by atoms with Crippen LogP contribution in [0.5, 0.6) is 0 Å². The van der Waals surface area contributed by atoms with Gasteiger partial charge in [0, 0.05) is 19.4 Å². The first kappa shape index (κ1) is 88.4. The van der Waals surface area contributed by atoms with Crippen LogP contribution in [0.15, 0.2) is 170 Å². The molecule has 0 aliphatic carbocycles. The fraction of sp³-hybridized carbons (Fsp3) is 0.639. The lowest BCUT2D eigenvalue weighted by molar-refractivity contribution is -0.161. The zero-order valence-electron chi connectivity index (χ0n) is 59.4. The second-order valence-corrected chi connectivity index (χ2v) is 25.9. The summed E-state index contributed by atoms with van der Waals surface area (Å²) in [5, 5.41) is 0. The average molecular weight is 1310 g/mol. The third kappa shape index (κ3) is 76.3. The van der Waals surface area contributed by atoms with Crippen LogP contribution in [0.1, 0.15) is 309 Å².